The Morgan fingerprint density at radius 3 is 2.72 bits per heavy atom. The van der Waals surface area contributed by atoms with Crippen LogP contribution in [0.15, 0.2) is 48.5 Å². The van der Waals surface area contributed by atoms with Crippen LogP contribution in [0.25, 0.3) is 0 Å². The van der Waals surface area contributed by atoms with Crippen LogP contribution in [0.5, 0.6) is 0 Å². The Morgan fingerprint density at radius 2 is 1.97 bits per heavy atom. The average Bonchev–Trinajstić information content (AvgIpc) is 2.74. The van der Waals surface area contributed by atoms with E-state index in [9.17, 15) is 24.8 Å². The summed E-state index contributed by atoms with van der Waals surface area (Å²) in [5.41, 5.74) is 0.665. The van der Waals surface area contributed by atoms with Gasteiger partial charge < -0.3 is 15.3 Å². The molecule has 2 N–H and O–H groups in total. The fourth-order valence-electron chi connectivity index (χ4n) is 3.61. The number of carbonyl (C=O) groups is 2. The van der Waals surface area contributed by atoms with Crippen molar-refractivity contribution in [1.29, 1.82) is 0 Å². The molecule has 2 amide bonds. The molecule has 0 unspecified atom stereocenters. The lowest BCUT2D eigenvalue weighted by Crippen LogP contribution is -2.44. The summed E-state index contributed by atoms with van der Waals surface area (Å²) in [6.45, 7) is 0.621. The first-order valence-corrected chi connectivity index (χ1v) is 9.58. The van der Waals surface area contributed by atoms with Crippen LogP contribution in [-0.2, 0) is 0 Å². The van der Waals surface area contributed by atoms with E-state index >= 15 is 0 Å². The Labute approximate surface area is 168 Å². The van der Waals surface area contributed by atoms with Gasteiger partial charge in [-0.3, -0.25) is 19.7 Å². The quantitative estimate of drug-likeness (QED) is 0.574. The summed E-state index contributed by atoms with van der Waals surface area (Å²) in [6, 6.07) is 12.1. The monoisotopic (exact) mass is 397 g/mol. The molecule has 0 bridgehead atoms. The van der Waals surface area contributed by atoms with E-state index in [4.69, 9.17) is 0 Å². The molecule has 1 fully saturated rings. The van der Waals surface area contributed by atoms with Crippen molar-refractivity contribution in [2.24, 2.45) is 0 Å². The first-order valence-electron chi connectivity index (χ1n) is 9.58. The Kier molecular flexibility index (Phi) is 6.56. The van der Waals surface area contributed by atoms with Gasteiger partial charge in [0.05, 0.1) is 16.2 Å². The second-order valence-electron chi connectivity index (χ2n) is 6.97. The number of amides is 2. The van der Waals surface area contributed by atoms with Crippen molar-refractivity contribution in [3.05, 3.63) is 69.8 Å². The van der Waals surface area contributed by atoms with Gasteiger partial charge in [-0.25, -0.2) is 0 Å². The van der Waals surface area contributed by atoms with Crippen LogP contribution in [-0.4, -0.2) is 45.9 Å². The highest BCUT2D eigenvalue weighted by Crippen LogP contribution is 2.25. The van der Waals surface area contributed by atoms with Gasteiger partial charge in [0, 0.05) is 36.9 Å². The first kappa shape index (κ1) is 20.5. The van der Waals surface area contributed by atoms with Crippen LogP contribution in [0.1, 0.15) is 46.4 Å². The normalized spacial score (nSPS) is 16.3. The van der Waals surface area contributed by atoms with Crippen molar-refractivity contribution in [2.75, 3.05) is 18.5 Å². The van der Waals surface area contributed by atoms with Gasteiger partial charge >= 0.3 is 0 Å². The molecule has 3 rings (SSSR count). The van der Waals surface area contributed by atoms with Crippen molar-refractivity contribution in [1.82, 2.24) is 4.90 Å². The van der Waals surface area contributed by atoms with E-state index in [0.717, 1.165) is 19.3 Å². The molecule has 0 aromatic heterocycles. The maximum absolute atomic E-state index is 13.2. The molecule has 0 spiro atoms. The predicted molar refractivity (Wildman–Crippen MR) is 108 cm³/mol. The highest BCUT2D eigenvalue weighted by atomic mass is 16.6. The van der Waals surface area contributed by atoms with Gasteiger partial charge in [0.2, 0.25) is 0 Å². The summed E-state index contributed by atoms with van der Waals surface area (Å²) >= 11 is 0. The molecule has 1 aliphatic heterocycles. The van der Waals surface area contributed by atoms with Crippen LogP contribution < -0.4 is 5.32 Å². The number of rotatable bonds is 6. The smallest absolute Gasteiger partial charge is 0.270 e. The molecule has 1 heterocycles. The minimum absolute atomic E-state index is 0.0135. The second kappa shape index (κ2) is 9.29. The minimum atomic E-state index is -0.564. The van der Waals surface area contributed by atoms with Gasteiger partial charge in [-0.2, -0.15) is 0 Å². The van der Waals surface area contributed by atoms with Crippen LogP contribution in [0, 0.1) is 10.1 Å². The summed E-state index contributed by atoms with van der Waals surface area (Å²) in [4.78, 5) is 37.9. The van der Waals surface area contributed by atoms with E-state index in [1.54, 1.807) is 29.2 Å². The number of nitrogens with one attached hydrogen (secondary N) is 1. The maximum Gasteiger partial charge on any atom is 0.270 e. The van der Waals surface area contributed by atoms with E-state index in [1.807, 2.05) is 0 Å². The third kappa shape index (κ3) is 4.78. The molecule has 2 aromatic carbocycles. The van der Waals surface area contributed by atoms with Crippen LogP contribution in [0.2, 0.25) is 0 Å². The number of hydrogen-bond acceptors (Lipinski definition) is 5. The fourth-order valence-corrected chi connectivity index (χ4v) is 3.61. The lowest BCUT2D eigenvalue weighted by molar-refractivity contribution is -0.384. The molecule has 2 aromatic rings. The molecule has 0 saturated carbocycles. The number of nitro benzene ring substituents is 1. The summed E-state index contributed by atoms with van der Waals surface area (Å²) in [6.07, 6.45) is 3.28. The first-order chi connectivity index (χ1) is 14.0. The number of aliphatic hydroxyl groups excluding tert-OH is 1. The average molecular weight is 397 g/mol. The summed E-state index contributed by atoms with van der Waals surface area (Å²) in [5.74, 6) is -0.724. The fraction of sp³-hybridized carbons (Fsp3) is 0.333. The number of aliphatic hydroxyl groups is 1. The zero-order valence-corrected chi connectivity index (χ0v) is 15.9. The van der Waals surface area contributed by atoms with Crippen LogP contribution >= 0.6 is 0 Å². The largest absolute Gasteiger partial charge is 0.396 e. The standard InChI is InChI=1S/C21H23N3O5/c25-13-11-16-7-3-4-12-23(16)21(27)18-9-1-2-10-19(18)22-20(26)15-6-5-8-17(14-15)24(28)29/h1-2,5-6,8-10,14,16,25H,3-4,7,11-13H2,(H,22,26)/t16-/m0/s1. The summed E-state index contributed by atoms with van der Waals surface area (Å²) < 4.78 is 0. The maximum atomic E-state index is 13.2. The topological polar surface area (TPSA) is 113 Å². The molecule has 0 aliphatic carbocycles. The van der Waals surface area contributed by atoms with Crippen molar-refractivity contribution in [3.63, 3.8) is 0 Å². The number of nitrogens with zero attached hydrogens (tertiary/aromatic N) is 2. The lowest BCUT2D eigenvalue weighted by atomic mass is 9.98. The molecule has 8 heteroatoms. The Hall–Kier alpha value is -3.26. The highest BCUT2D eigenvalue weighted by molar-refractivity contribution is 6.09. The predicted octanol–water partition coefficient (Wildman–Crippen LogP) is 3.22. The van der Waals surface area contributed by atoms with E-state index in [1.165, 1.54) is 24.3 Å². The molecule has 1 saturated heterocycles. The molecular weight excluding hydrogens is 374 g/mol. The molecule has 8 nitrogen and oxygen atoms in total. The van der Waals surface area contributed by atoms with Gasteiger partial charge in [-0.05, 0) is 43.9 Å². The number of anilines is 1. The van der Waals surface area contributed by atoms with Gasteiger partial charge in [0.25, 0.3) is 17.5 Å². The number of nitro groups is 1. The van der Waals surface area contributed by atoms with E-state index in [0.29, 0.717) is 24.2 Å². The number of carbonyl (C=O) groups excluding carboxylic acids is 2. The van der Waals surface area contributed by atoms with Crippen molar-refractivity contribution in [3.8, 4) is 0 Å². The highest BCUT2D eigenvalue weighted by Gasteiger charge is 2.28. The summed E-state index contributed by atoms with van der Waals surface area (Å²) in [7, 11) is 0. The van der Waals surface area contributed by atoms with Crippen LogP contribution in [0.3, 0.4) is 0 Å². The molecule has 152 valence electrons. The van der Waals surface area contributed by atoms with Crippen molar-refractivity contribution in [2.45, 2.75) is 31.7 Å². The van der Waals surface area contributed by atoms with Crippen LogP contribution in [0.4, 0.5) is 11.4 Å². The third-order valence-electron chi connectivity index (χ3n) is 5.08. The van der Waals surface area contributed by atoms with Gasteiger partial charge in [0.1, 0.15) is 0 Å². The number of hydrogen-bond donors (Lipinski definition) is 2. The minimum Gasteiger partial charge on any atom is -0.396 e. The number of piperidine rings is 1. The SMILES string of the molecule is O=C(Nc1ccccc1C(=O)N1CCCC[C@H]1CCO)c1cccc([N+](=O)[O-])c1. The third-order valence-corrected chi connectivity index (χ3v) is 5.08. The molecule has 1 aliphatic rings. The molecule has 0 radical (unpaired) electrons. The van der Waals surface area contributed by atoms with Gasteiger partial charge in [-0.15, -0.1) is 0 Å². The van der Waals surface area contributed by atoms with Crippen molar-refractivity contribution < 1.29 is 19.6 Å². The summed E-state index contributed by atoms with van der Waals surface area (Å²) in [5, 5.41) is 23.0. The molecule has 29 heavy (non-hydrogen) atoms. The lowest BCUT2D eigenvalue weighted by Gasteiger charge is -2.36. The number of para-hydroxylation sites is 1. The Balaban J connectivity index is 1.83. The second-order valence-corrected chi connectivity index (χ2v) is 6.97. The number of likely N-dealkylation sites (tertiary alicyclic amines) is 1. The van der Waals surface area contributed by atoms with Gasteiger partial charge in [0.15, 0.2) is 0 Å². The zero-order valence-electron chi connectivity index (χ0n) is 15.9. The molecule has 1 atom stereocenters. The van der Waals surface area contributed by atoms with E-state index in [-0.39, 0.29) is 29.8 Å². The zero-order chi connectivity index (χ0) is 20.8. The van der Waals surface area contributed by atoms with E-state index < -0.39 is 10.8 Å². The number of benzene rings is 2. The number of non-ortho nitro benzene ring substituents is 1. The Bertz CT molecular complexity index is 913. The van der Waals surface area contributed by atoms with E-state index in [2.05, 4.69) is 5.32 Å². The molecular formula is C21H23N3O5. The van der Waals surface area contributed by atoms with Gasteiger partial charge in [-0.1, -0.05) is 18.2 Å². The van der Waals surface area contributed by atoms with Crippen molar-refractivity contribution >= 4 is 23.2 Å². The Morgan fingerprint density at radius 1 is 1.17 bits per heavy atom.